The molecular weight excluding hydrogens is 244 g/mol. The molecule has 0 amide bonds. The molecule has 0 unspecified atom stereocenters. The van der Waals surface area contributed by atoms with E-state index in [1.807, 2.05) is 12.3 Å². The lowest BCUT2D eigenvalue weighted by Gasteiger charge is -2.31. The van der Waals surface area contributed by atoms with Crippen molar-refractivity contribution in [2.75, 3.05) is 6.54 Å². The first kappa shape index (κ1) is 11.9. The number of nitrogens with one attached hydrogen (secondary N) is 1. The van der Waals surface area contributed by atoms with Crippen LogP contribution in [0.5, 0.6) is 0 Å². The Morgan fingerprint density at radius 2 is 2.06 bits per heavy atom. The fourth-order valence-corrected chi connectivity index (χ4v) is 3.05. The number of halogens is 1. The Hall–Kier alpha value is -1.12. The molecule has 2 nitrogen and oxygen atoms in total. The molecule has 1 aromatic heterocycles. The summed E-state index contributed by atoms with van der Waals surface area (Å²) in [6.45, 7) is 1.95. The molecule has 3 rings (SSSR count). The molecule has 1 aromatic carbocycles. The average molecular weight is 261 g/mol. The standard InChI is InChI=1S/C15H17ClN2/c16-14-7-11(8-14)9-17-10-13-4-1-3-12-5-2-6-18-15(12)13/h1-6,11,14,17H,7-10H2. The summed E-state index contributed by atoms with van der Waals surface area (Å²) in [5, 5.41) is 5.14. The average Bonchev–Trinajstić information content (AvgIpc) is 2.37. The minimum absolute atomic E-state index is 0.413. The maximum Gasteiger partial charge on any atom is 0.0746 e. The summed E-state index contributed by atoms with van der Waals surface area (Å²) in [4.78, 5) is 4.46. The molecule has 1 N–H and O–H groups in total. The summed E-state index contributed by atoms with van der Waals surface area (Å²) < 4.78 is 0. The SMILES string of the molecule is ClC1CC(CNCc2cccc3cccnc23)C1. The molecule has 0 saturated heterocycles. The van der Waals surface area contributed by atoms with Gasteiger partial charge in [0.05, 0.1) is 5.52 Å². The van der Waals surface area contributed by atoms with Crippen LogP contribution in [0.25, 0.3) is 10.9 Å². The second-order valence-corrected chi connectivity index (χ2v) is 5.68. The molecular formula is C15H17ClN2. The van der Waals surface area contributed by atoms with Gasteiger partial charge in [-0.05, 0) is 36.9 Å². The van der Waals surface area contributed by atoms with E-state index >= 15 is 0 Å². The number of fused-ring (bicyclic) bond motifs is 1. The van der Waals surface area contributed by atoms with Crippen molar-refractivity contribution in [1.29, 1.82) is 0 Å². The molecule has 94 valence electrons. The number of pyridine rings is 1. The van der Waals surface area contributed by atoms with Gasteiger partial charge in [-0.2, -0.15) is 0 Å². The number of alkyl halides is 1. The van der Waals surface area contributed by atoms with Gasteiger partial charge in [0.1, 0.15) is 0 Å². The monoisotopic (exact) mass is 260 g/mol. The van der Waals surface area contributed by atoms with Crippen LogP contribution in [0, 0.1) is 5.92 Å². The lowest BCUT2D eigenvalue weighted by Crippen LogP contribution is -2.33. The lowest BCUT2D eigenvalue weighted by molar-refractivity contribution is 0.308. The van der Waals surface area contributed by atoms with Crippen molar-refractivity contribution in [3.63, 3.8) is 0 Å². The first-order valence-electron chi connectivity index (χ1n) is 6.50. The molecule has 2 aromatic rings. The zero-order valence-corrected chi connectivity index (χ0v) is 11.0. The molecule has 18 heavy (non-hydrogen) atoms. The molecule has 0 spiro atoms. The van der Waals surface area contributed by atoms with Gasteiger partial charge in [0.15, 0.2) is 0 Å². The van der Waals surface area contributed by atoms with E-state index in [2.05, 4.69) is 34.6 Å². The number of rotatable bonds is 4. The minimum atomic E-state index is 0.413. The highest BCUT2D eigenvalue weighted by Crippen LogP contribution is 2.31. The van der Waals surface area contributed by atoms with Crippen LogP contribution < -0.4 is 5.32 Å². The van der Waals surface area contributed by atoms with Gasteiger partial charge >= 0.3 is 0 Å². The normalized spacial score (nSPS) is 22.9. The molecule has 1 saturated carbocycles. The number of benzene rings is 1. The van der Waals surface area contributed by atoms with E-state index in [-0.39, 0.29) is 0 Å². The van der Waals surface area contributed by atoms with E-state index in [0.29, 0.717) is 5.38 Å². The van der Waals surface area contributed by atoms with Gasteiger partial charge in [0.2, 0.25) is 0 Å². The highest BCUT2D eigenvalue weighted by atomic mass is 35.5. The van der Waals surface area contributed by atoms with Crippen LogP contribution >= 0.6 is 11.6 Å². The predicted octanol–water partition coefficient (Wildman–Crippen LogP) is 3.34. The minimum Gasteiger partial charge on any atom is -0.312 e. The van der Waals surface area contributed by atoms with E-state index in [4.69, 9.17) is 11.6 Å². The van der Waals surface area contributed by atoms with Crippen LogP contribution in [0.15, 0.2) is 36.5 Å². The molecule has 0 aliphatic heterocycles. The Balaban J connectivity index is 1.64. The summed E-state index contributed by atoms with van der Waals surface area (Å²) in [7, 11) is 0. The van der Waals surface area contributed by atoms with Crippen LogP contribution in [-0.4, -0.2) is 16.9 Å². The van der Waals surface area contributed by atoms with Gasteiger partial charge in [0.25, 0.3) is 0 Å². The Kier molecular flexibility index (Phi) is 3.48. The molecule has 0 atom stereocenters. The first-order valence-corrected chi connectivity index (χ1v) is 6.94. The number of aromatic nitrogens is 1. The van der Waals surface area contributed by atoms with E-state index in [9.17, 15) is 0 Å². The second kappa shape index (κ2) is 5.25. The van der Waals surface area contributed by atoms with E-state index in [0.717, 1.165) is 37.4 Å². The highest BCUT2D eigenvalue weighted by molar-refractivity contribution is 6.21. The quantitative estimate of drug-likeness (QED) is 0.853. The molecule has 1 heterocycles. The van der Waals surface area contributed by atoms with Crippen LogP contribution in [-0.2, 0) is 6.54 Å². The van der Waals surface area contributed by atoms with Crippen molar-refractivity contribution in [2.24, 2.45) is 5.92 Å². The summed E-state index contributed by atoms with van der Waals surface area (Å²) in [6, 6.07) is 10.4. The summed E-state index contributed by atoms with van der Waals surface area (Å²) in [6.07, 6.45) is 4.17. The molecule has 0 radical (unpaired) electrons. The molecule has 1 fully saturated rings. The van der Waals surface area contributed by atoms with Gasteiger partial charge in [-0.25, -0.2) is 0 Å². The maximum atomic E-state index is 5.98. The Morgan fingerprint density at radius 1 is 1.22 bits per heavy atom. The molecule has 1 aliphatic rings. The Morgan fingerprint density at radius 3 is 2.89 bits per heavy atom. The van der Waals surface area contributed by atoms with Crippen LogP contribution in [0.1, 0.15) is 18.4 Å². The number of para-hydroxylation sites is 1. The van der Waals surface area contributed by atoms with Crippen molar-refractivity contribution < 1.29 is 0 Å². The Labute approximate surface area is 112 Å². The maximum absolute atomic E-state index is 5.98. The fourth-order valence-electron chi connectivity index (χ4n) is 2.54. The van der Waals surface area contributed by atoms with Crippen molar-refractivity contribution in [1.82, 2.24) is 10.3 Å². The summed E-state index contributed by atoms with van der Waals surface area (Å²) in [5.74, 6) is 0.760. The predicted molar refractivity (Wildman–Crippen MR) is 75.8 cm³/mol. The molecule has 0 bridgehead atoms. The third-order valence-electron chi connectivity index (χ3n) is 3.64. The third kappa shape index (κ3) is 2.50. The Bertz CT molecular complexity index is 530. The van der Waals surface area contributed by atoms with Crippen LogP contribution in [0.2, 0.25) is 0 Å². The van der Waals surface area contributed by atoms with Gasteiger partial charge in [-0.1, -0.05) is 24.3 Å². The third-order valence-corrected chi connectivity index (χ3v) is 4.00. The number of nitrogens with zero attached hydrogens (tertiary/aromatic N) is 1. The topological polar surface area (TPSA) is 24.9 Å². The van der Waals surface area contributed by atoms with E-state index in [1.54, 1.807) is 0 Å². The zero-order chi connectivity index (χ0) is 12.4. The van der Waals surface area contributed by atoms with Gasteiger partial charge in [0, 0.05) is 23.5 Å². The van der Waals surface area contributed by atoms with E-state index < -0.39 is 0 Å². The number of hydrogen-bond donors (Lipinski definition) is 1. The van der Waals surface area contributed by atoms with Crippen LogP contribution in [0.3, 0.4) is 0 Å². The fraction of sp³-hybridized carbons (Fsp3) is 0.400. The second-order valence-electron chi connectivity index (χ2n) is 5.06. The van der Waals surface area contributed by atoms with Crippen molar-refractivity contribution >= 4 is 22.5 Å². The van der Waals surface area contributed by atoms with Crippen molar-refractivity contribution in [2.45, 2.75) is 24.8 Å². The van der Waals surface area contributed by atoms with Gasteiger partial charge < -0.3 is 5.32 Å². The molecule has 1 aliphatic carbocycles. The molecule has 3 heteroatoms. The lowest BCUT2D eigenvalue weighted by atomic mass is 9.85. The van der Waals surface area contributed by atoms with Crippen molar-refractivity contribution in [3.05, 3.63) is 42.1 Å². The first-order chi connectivity index (χ1) is 8.83. The summed E-state index contributed by atoms with van der Waals surface area (Å²) in [5.41, 5.74) is 2.38. The zero-order valence-electron chi connectivity index (χ0n) is 10.3. The number of hydrogen-bond acceptors (Lipinski definition) is 2. The summed E-state index contributed by atoms with van der Waals surface area (Å²) >= 11 is 5.98. The smallest absolute Gasteiger partial charge is 0.0746 e. The van der Waals surface area contributed by atoms with Gasteiger partial charge in [-0.3, -0.25) is 4.98 Å². The van der Waals surface area contributed by atoms with Crippen LogP contribution in [0.4, 0.5) is 0 Å². The van der Waals surface area contributed by atoms with Gasteiger partial charge in [-0.15, -0.1) is 11.6 Å². The van der Waals surface area contributed by atoms with E-state index in [1.165, 1.54) is 10.9 Å². The largest absolute Gasteiger partial charge is 0.312 e. The highest BCUT2D eigenvalue weighted by Gasteiger charge is 2.26. The van der Waals surface area contributed by atoms with Crippen molar-refractivity contribution in [3.8, 4) is 0 Å².